The van der Waals surface area contributed by atoms with Crippen LogP contribution in [0.15, 0.2) is 42.6 Å². The lowest BCUT2D eigenvalue weighted by Crippen LogP contribution is -2.21. The predicted molar refractivity (Wildman–Crippen MR) is 79.4 cm³/mol. The van der Waals surface area contributed by atoms with Crippen LogP contribution in [0.3, 0.4) is 0 Å². The molecule has 1 aromatic heterocycles. The highest BCUT2D eigenvalue weighted by Gasteiger charge is 2.03. The second-order valence-electron chi connectivity index (χ2n) is 4.15. The average molecular weight is 293 g/mol. The molecule has 0 saturated heterocycles. The number of nitrogens with zero attached hydrogens (tertiary/aromatic N) is 1. The van der Waals surface area contributed by atoms with E-state index < -0.39 is 0 Å². The summed E-state index contributed by atoms with van der Waals surface area (Å²) in [5.74, 6) is 1.46. The first-order chi connectivity index (χ1) is 9.79. The van der Waals surface area contributed by atoms with Gasteiger partial charge in [0, 0.05) is 35.9 Å². The molecule has 0 unspecified atom stereocenters. The molecular formula is C15H17ClN2O2. The highest BCUT2D eigenvalue weighted by atomic mass is 35.5. The van der Waals surface area contributed by atoms with E-state index in [1.807, 2.05) is 36.4 Å². The van der Waals surface area contributed by atoms with Gasteiger partial charge >= 0.3 is 0 Å². The Labute approximate surface area is 123 Å². The molecule has 0 bridgehead atoms. The van der Waals surface area contributed by atoms with Gasteiger partial charge in [-0.05, 0) is 24.3 Å². The summed E-state index contributed by atoms with van der Waals surface area (Å²) in [7, 11) is 1.65. The maximum absolute atomic E-state index is 5.98. The minimum absolute atomic E-state index is 0.555. The van der Waals surface area contributed by atoms with Gasteiger partial charge in [0.25, 0.3) is 0 Å². The number of aromatic nitrogens is 1. The van der Waals surface area contributed by atoms with Crippen molar-refractivity contribution in [1.82, 2.24) is 10.3 Å². The largest absolute Gasteiger partial charge is 0.496 e. The maximum Gasteiger partial charge on any atom is 0.213 e. The van der Waals surface area contributed by atoms with Crippen molar-refractivity contribution >= 4 is 11.6 Å². The molecular weight excluding hydrogens is 276 g/mol. The van der Waals surface area contributed by atoms with E-state index in [9.17, 15) is 0 Å². The normalized spacial score (nSPS) is 10.3. The summed E-state index contributed by atoms with van der Waals surface area (Å²) >= 11 is 5.98. The third kappa shape index (κ3) is 4.40. The molecule has 0 radical (unpaired) electrons. The molecule has 0 amide bonds. The lowest BCUT2D eigenvalue weighted by molar-refractivity contribution is 0.301. The molecule has 4 nitrogen and oxygen atoms in total. The van der Waals surface area contributed by atoms with Crippen LogP contribution in [-0.2, 0) is 6.54 Å². The van der Waals surface area contributed by atoms with Gasteiger partial charge < -0.3 is 14.8 Å². The smallest absolute Gasteiger partial charge is 0.213 e. The number of pyridine rings is 1. The average Bonchev–Trinajstić information content (AvgIpc) is 2.48. The van der Waals surface area contributed by atoms with E-state index in [1.54, 1.807) is 13.3 Å². The topological polar surface area (TPSA) is 43.4 Å². The Bertz CT molecular complexity index is 535. The van der Waals surface area contributed by atoms with E-state index >= 15 is 0 Å². The Hall–Kier alpha value is -1.78. The molecule has 0 saturated carbocycles. The van der Waals surface area contributed by atoms with Crippen molar-refractivity contribution in [2.24, 2.45) is 0 Å². The fourth-order valence-corrected chi connectivity index (χ4v) is 1.96. The van der Waals surface area contributed by atoms with Gasteiger partial charge in [-0.1, -0.05) is 17.7 Å². The standard InChI is InChI=1S/C15H17ClN2O2/c1-19-14-6-5-13(16)10-12(14)11-17-8-9-20-15-4-2-3-7-18-15/h2-7,10,17H,8-9,11H2,1H3. The molecule has 0 fully saturated rings. The summed E-state index contributed by atoms with van der Waals surface area (Å²) in [6, 6.07) is 11.2. The first-order valence-electron chi connectivity index (χ1n) is 6.36. The monoisotopic (exact) mass is 292 g/mol. The van der Waals surface area contributed by atoms with Crippen LogP contribution in [0.5, 0.6) is 11.6 Å². The van der Waals surface area contributed by atoms with Crippen molar-refractivity contribution in [2.75, 3.05) is 20.3 Å². The number of methoxy groups -OCH3 is 1. The van der Waals surface area contributed by atoms with Crippen molar-refractivity contribution in [3.05, 3.63) is 53.2 Å². The van der Waals surface area contributed by atoms with Gasteiger partial charge in [0.15, 0.2) is 0 Å². The molecule has 0 atom stereocenters. The van der Waals surface area contributed by atoms with E-state index in [1.165, 1.54) is 0 Å². The zero-order valence-corrected chi connectivity index (χ0v) is 12.1. The van der Waals surface area contributed by atoms with Gasteiger partial charge in [0.2, 0.25) is 5.88 Å². The van der Waals surface area contributed by atoms with Gasteiger partial charge in [0.1, 0.15) is 12.4 Å². The van der Waals surface area contributed by atoms with Gasteiger partial charge in [0.05, 0.1) is 7.11 Å². The van der Waals surface area contributed by atoms with E-state index in [0.717, 1.165) is 11.3 Å². The molecule has 106 valence electrons. The SMILES string of the molecule is COc1ccc(Cl)cc1CNCCOc1ccccn1. The van der Waals surface area contributed by atoms with Crippen molar-refractivity contribution in [1.29, 1.82) is 0 Å². The summed E-state index contributed by atoms with van der Waals surface area (Å²) < 4.78 is 10.8. The quantitative estimate of drug-likeness (QED) is 0.797. The van der Waals surface area contributed by atoms with Gasteiger partial charge in [-0.15, -0.1) is 0 Å². The van der Waals surface area contributed by atoms with Crippen molar-refractivity contribution in [3.63, 3.8) is 0 Å². The van der Waals surface area contributed by atoms with Crippen LogP contribution in [0.2, 0.25) is 5.02 Å². The molecule has 0 aliphatic rings. The molecule has 1 aromatic carbocycles. The molecule has 1 N–H and O–H groups in total. The summed E-state index contributed by atoms with van der Waals surface area (Å²) in [4.78, 5) is 4.09. The first kappa shape index (κ1) is 14.6. The third-order valence-corrected chi connectivity index (χ3v) is 2.96. The van der Waals surface area contributed by atoms with E-state index in [4.69, 9.17) is 21.1 Å². The molecule has 0 aliphatic carbocycles. The number of nitrogens with one attached hydrogen (secondary N) is 1. The Morgan fingerprint density at radius 1 is 1.25 bits per heavy atom. The molecule has 5 heteroatoms. The molecule has 2 rings (SSSR count). The molecule has 2 aromatic rings. The second kappa shape index (κ2) is 7.72. The number of rotatable bonds is 7. The summed E-state index contributed by atoms with van der Waals surface area (Å²) in [6.07, 6.45) is 1.71. The van der Waals surface area contributed by atoms with Crippen LogP contribution in [0.4, 0.5) is 0 Å². The Balaban J connectivity index is 1.75. The van der Waals surface area contributed by atoms with Crippen LogP contribution in [0, 0.1) is 0 Å². The summed E-state index contributed by atoms with van der Waals surface area (Å²) in [5.41, 5.74) is 1.03. The lowest BCUT2D eigenvalue weighted by Gasteiger charge is -2.10. The minimum atomic E-state index is 0.555. The van der Waals surface area contributed by atoms with E-state index in [2.05, 4.69) is 10.3 Å². The predicted octanol–water partition coefficient (Wildman–Crippen LogP) is 2.91. The van der Waals surface area contributed by atoms with Crippen molar-refractivity contribution < 1.29 is 9.47 Å². The van der Waals surface area contributed by atoms with Crippen molar-refractivity contribution in [3.8, 4) is 11.6 Å². The summed E-state index contributed by atoms with van der Waals surface area (Å²) in [5, 5.41) is 3.98. The number of benzene rings is 1. The molecule has 20 heavy (non-hydrogen) atoms. The fourth-order valence-electron chi connectivity index (χ4n) is 1.77. The van der Waals surface area contributed by atoms with E-state index in [-0.39, 0.29) is 0 Å². The van der Waals surface area contributed by atoms with Crippen LogP contribution in [0.25, 0.3) is 0 Å². The number of hydrogen-bond acceptors (Lipinski definition) is 4. The first-order valence-corrected chi connectivity index (χ1v) is 6.74. The van der Waals surface area contributed by atoms with Gasteiger partial charge in [-0.25, -0.2) is 4.98 Å². The lowest BCUT2D eigenvalue weighted by atomic mass is 10.2. The Kier molecular flexibility index (Phi) is 5.65. The third-order valence-electron chi connectivity index (χ3n) is 2.72. The minimum Gasteiger partial charge on any atom is -0.496 e. The Morgan fingerprint density at radius 2 is 2.15 bits per heavy atom. The van der Waals surface area contributed by atoms with Crippen LogP contribution in [-0.4, -0.2) is 25.2 Å². The van der Waals surface area contributed by atoms with Gasteiger partial charge in [-0.3, -0.25) is 0 Å². The summed E-state index contributed by atoms with van der Waals surface area (Å²) in [6.45, 7) is 1.95. The van der Waals surface area contributed by atoms with Crippen molar-refractivity contribution in [2.45, 2.75) is 6.54 Å². The van der Waals surface area contributed by atoms with E-state index in [0.29, 0.717) is 30.6 Å². The number of halogens is 1. The molecule has 0 spiro atoms. The number of hydrogen-bond donors (Lipinski definition) is 1. The van der Waals surface area contributed by atoms with Crippen LogP contribution < -0.4 is 14.8 Å². The zero-order chi connectivity index (χ0) is 14.2. The zero-order valence-electron chi connectivity index (χ0n) is 11.3. The Morgan fingerprint density at radius 3 is 2.90 bits per heavy atom. The van der Waals surface area contributed by atoms with Crippen LogP contribution >= 0.6 is 11.6 Å². The second-order valence-corrected chi connectivity index (χ2v) is 4.59. The van der Waals surface area contributed by atoms with Crippen LogP contribution in [0.1, 0.15) is 5.56 Å². The van der Waals surface area contributed by atoms with Gasteiger partial charge in [-0.2, -0.15) is 0 Å². The maximum atomic E-state index is 5.98. The molecule has 0 aliphatic heterocycles. The number of ether oxygens (including phenoxy) is 2. The highest BCUT2D eigenvalue weighted by molar-refractivity contribution is 6.30. The molecule has 1 heterocycles. The highest BCUT2D eigenvalue weighted by Crippen LogP contribution is 2.22. The fraction of sp³-hybridized carbons (Fsp3) is 0.267.